The van der Waals surface area contributed by atoms with E-state index in [0.717, 1.165) is 24.9 Å². The molecule has 1 aromatic rings. The molecule has 1 atom stereocenters. The molecule has 0 bridgehead atoms. The molecule has 1 rings (SSSR count). The predicted molar refractivity (Wildman–Crippen MR) is 70.0 cm³/mol. The number of para-hydroxylation sites is 1. The molecule has 0 saturated carbocycles. The standard InChI is InChI=1S/C13H21N3/c1-3-6-10(9-16-2)13(15)11-7-4-5-8-12(11)14/h4-5,7-8,10,15-16H,3,6,9,14H2,1-2H3. The van der Waals surface area contributed by atoms with Gasteiger partial charge in [-0.25, -0.2) is 0 Å². The molecule has 1 unspecified atom stereocenters. The van der Waals surface area contributed by atoms with Crippen LogP contribution in [0.3, 0.4) is 0 Å². The Morgan fingerprint density at radius 2 is 2.12 bits per heavy atom. The largest absolute Gasteiger partial charge is 0.398 e. The number of nitrogens with one attached hydrogen (secondary N) is 2. The van der Waals surface area contributed by atoms with Crippen LogP contribution in [-0.2, 0) is 0 Å². The van der Waals surface area contributed by atoms with Crippen molar-refractivity contribution >= 4 is 11.4 Å². The fourth-order valence-corrected chi connectivity index (χ4v) is 1.91. The zero-order chi connectivity index (χ0) is 12.0. The van der Waals surface area contributed by atoms with Crippen molar-refractivity contribution in [2.75, 3.05) is 19.3 Å². The molecule has 0 radical (unpaired) electrons. The number of anilines is 1. The van der Waals surface area contributed by atoms with E-state index in [1.54, 1.807) is 0 Å². The molecule has 0 saturated heterocycles. The van der Waals surface area contributed by atoms with Gasteiger partial charge >= 0.3 is 0 Å². The summed E-state index contributed by atoms with van der Waals surface area (Å²) in [5.41, 5.74) is 8.11. The molecule has 3 nitrogen and oxygen atoms in total. The first kappa shape index (κ1) is 12.7. The van der Waals surface area contributed by atoms with Crippen molar-refractivity contribution < 1.29 is 0 Å². The van der Waals surface area contributed by atoms with Gasteiger partial charge in [0.25, 0.3) is 0 Å². The summed E-state index contributed by atoms with van der Waals surface area (Å²) in [6.45, 7) is 2.98. The zero-order valence-corrected chi connectivity index (χ0v) is 10.1. The normalized spacial score (nSPS) is 12.4. The van der Waals surface area contributed by atoms with Gasteiger partial charge in [0.1, 0.15) is 0 Å². The Morgan fingerprint density at radius 1 is 1.44 bits per heavy atom. The van der Waals surface area contributed by atoms with Gasteiger partial charge in [-0.1, -0.05) is 31.5 Å². The van der Waals surface area contributed by atoms with Gasteiger partial charge in [-0.3, -0.25) is 0 Å². The van der Waals surface area contributed by atoms with Gasteiger partial charge in [0.2, 0.25) is 0 Å². The fraction of sp³-hybridized carbons (Fsp3) is 0.462. The van der Waals surface area contributed by atoms with E-state index in [2.05, 4.69) is 12.2 Å². The molecule has 1 aromatic carbocycles. The van der Waals surface area contributed by atoms with E-state index in [-0.39, 0.29) is 5.92 Å². The van der Waals surface area contributed by atoms with Crippen LogP contribution >= 0.6 is 0 Å². The van der Waals surface area contributed by atoms with Crippen LogP contribution in [-0.4, -0.2) is 19.3 Å². The SMILES string of the molecule is CCCC(CNC)C(=N)c1ccccc1N. The lowest BCUT2D eigenvalue weighted by Crippen LogP contribution is -2.26. The highest BCUT2D eigenvalue weighted by Gasteiger charge is 2.16. The fourth-order valence-electron chi connectivity index (χ4n) is 1.91. The van der Waals surface area contributed by atoms with E-state index in [9.17, 15) is 0 Å². The first-order valence-electron chi connectivity index (χ1n) is 5.78. The summed E-state index contributed by atoms with van der Waals surface area (Å²) in [6.07, 6.45) is 2.11. The van der Waals surface area contributed by atoms with Crippen LogP contribution in [0.2, 0.25) is 0 Å². The number of hydrogen-bond donors (Lipinski definition) is 3. The number of hydrogen-bond acceptors (Lipinski definition) is 3. The number of benzene rings is 1. The average molecular weight is 219 g/mol. The van der Waals surface area contributed by atoms with Gasteiger partial charge in [0.05, 0.1) is 0 Å². The van der Waals surface area contributed by atoms with Gasteiger partial charge in [-0.15, -0.1) is 0 Å². The zero-order valence-electron chi connectivity index (χ0n) is 10.1. The quantitative estimate of drug-likeness (QED) is 0.507. The molecule has 3 heteroatoms. The molecular formula is C13H21N3. The number of nitrogens with two attached hydrogens (primary N) is 1. The summed E-state index contributed by atoms with van der Waals surface area (Å²) in [7, 11) is 1.92. The maximum absolute atomic E-state index is 8.21. The average Bonchev–Trinajstić information content (AvgIpc) is 2.28. The van der Waals surface area contributed by atoms with Gasteiger partial charge < -0.3 is 16.5 Å². The Kier molecular flexibility index (Phi) is 4.99. The molecule has 0 aliphatic rings. The first-order valence-corrected chi connectivity index (χ1v) is 5.78. The molecule has 16 heavy (non-hydrogen) atoms. The second kappa shape index (κ2) is 6.28. The molecule has 0 amide bonds. The minimum Gasteiger partial charge on any atom is -0.398 e. The van der Waals surface area contributed by atoms with Crippen LogP contribution in [0.25, 0.3) is 0 Å². The van der Waals surface area contributed by atoms with Gasteiger partial charge in [0, 0.05) is 29.4 Å². The summed E-state index contributed by atoms with van der Waals surface area (Å²) in [5, 5.41) is 11.4. The molecule has 4 N–H and O–H groups in total. The van der Waals surface area contributed by atoms with Crippen LogP contribution in [0.5, 0.6) is 0 Å². The highest BCUT2D eigenvalue weighted by atomic mass is 14.8. The Morgan fingerprint density at radius 3 is 2.69 bits per heavy atom. The lowest BCUT2D eigenvalue weighted by atomic mass is 9.92. The lowest BCUT2D eigenvalue weighted by Gasteiger charge is -2.18. The third-order valence-electron chi connectivity index (χ3n) is 2.75. The van der Waals surface area contributed by atoms with E-state index < -0.39 is 0 Å². The number of nitrogen functional groups attached to an aromatic ring is 1. The number of rotatable bonds is 6. The van der Waals surface area contributed by atoms with Gasteiger partial charge in [-0.2, -0.15) is 0 Å². The van der Waals surface area contributed by atoms with Crippen LogP contribution in [0.15, 0.2) is 24.3 Å². The van der Waals surface area contributed by atoms with Crippen LogP contribution in [0, 0.1) is 11.3 Å². The van der Waals surface area contributed by atoms with Crippen LogP contribution in [0.4, 0.5) is 5.69 Å². The Hall–Kier alpha value is -1.35. The monoisotopic (exact) mass is 219 g/mol. The van der Waals surface area contributed by atoms with Crippen LogP contribution < -0.4 is 11.1 Å². The topological polar surface area (TPSA) is 61.9 Å². The van der Waals surface area contributed by atoms with E-state index in [0.29, 0.717) is 11.4 Å². The molecule has 0 aliphatic carbocycles. The molecule has 0 aliphatic heterocycles. The van der Waals surface area contributed by atoms with Gasteiger partial charge in [0.15, 0.2) is 0 Å². The maximum atomic E-state index is 8.21. The summed E-state index contributed by atoms with van der Waals surface area (Å²) in [4.78, 5) is 0. The minimum absolute atomic E-state index is 0.250. The Labute approximate surface area is 97.6 Å². The molecule has 0 heterocycles. The van der Waals surface area contributed by atoms with Crippen molar-refractivity contribution in [3.63, 3.8) is 0 Å². The van der Waals surface area contributed by atoms with Crippen molar-refractivity contribution in [2.24, 2.45) is 5.92 Å². The van der Waals surface area contributed by atoms with Crippen molar-refractivity contribution in [1.82, 2.24) is 5.32 Å². The Balaban J connectivity index is 2.85. The Bertz CT molecular complexity index is 341. The van der Waals surface area contributed by atoms with E-state index in [1.165, 1.54) is 0 Å². The smallest absolute Gasteiger partial charge is 0.0450 e. The van der Waals surface area contributed by atoms with Crippen molar-refractivity contribution in [3.8, 4) is 0 Å². The summed E-state index contributed by atoms with van der Waals surface area (Å²) >= 11 is 0. The lowest BCUT2D eigenvalue weighted by molar-refractivity contribution is 0.573. The summed E-state index contributed by atoms with van der Waals surface area (Å²) in [6, 6.07) is 7.61. The van der Waals surface area contributed by atoms with E-state index in [4.69, 9.17) is 11.1 Å². The molecular weight excluding hydrogens is 198 g/mol. The van der Waals surface area contributed by atoms with E-state index in [1.807, 2.05) is 31.3 Å². The van der Waals surface area contributed by atoms with Gasteiger partial charge in [-0.05, 0) is 19.5 Å². The summed E-state index contributed by atoms with van der Waals surface area (Å²) < 4.78 is 0. The molecule has 0 spiro atoms. The second-order valence-electron chi connectivity index (χ2n) is 4.04. The van der Waals surface area contributed by atoms with Crippen molar-refractivity contribution in [1.29, 1.82) is 5.41 Å². The predicted octanol–water partition coefficient (Wildman–Crippen LogP) is 2.27. The maximum Gasteiger partial charge on any atom is 0.0450 e. The summed E-state index contributed by atoms with van der Waals surface area (Å²) in [5.74, 6) is 0.250. The second-order valence-corrected chi connectivity index (χ2v) is 4.04. The minimum atomic E-state index is 0.250. The van der Waals surface area contributed by atoms with E-state index >= 15 is 0 Å². The molecule has 0 fully saturated rings. The first-order chi connectivity index (χ1) is 7.70. The molecule has 0 aromatic heterocycles. The third-order valence-corrected chi connectivity index (χ3v) is 2.75. The highest BCUT2D eigenvalue weighted by Crippen LogP contribution is 2.18. The highest BCUT2D eigenvalue weighted by molar-refractivity contribution is 6.04. The van der Waals surface area contributed by atoms with Crippen molar-refractivity contribution in [2.45, 2.75) is 19.8 Å². The van der Waals surface area contributed by atoms with Crippen LogP contribution in [0.1, 0.15) is 25.3 Å². The third kappa shape index (κ3) is 3.07. The molecule has 88 valence electrons. The van der Waals surface area contributed by atoms with Crippen molar-refractivity contribution in [3.05, 3.63) is 29.8 Å².